The molecule has 0 aliphatic heterocycles. The van der Waals surface area contributed by atoms with Gasteiger partial charge in [-0.15, -0.1) is 0 Å². The first-order valence-corrected chi connectivity index (χ1v) is 22.6. The van der Waals surface area contributed by atoms with Crippen molar-refractivity contribution in [2.45, 2.75) is 36.5 Å². The maximum absolute atomic E-state index is 2.49. The summed E-state index contributed by atoms with van der Waals surface area (Å²) in [7, 11) is 0. The van der Waals surface area contributed by atoms with Gasteiger partial charge in [0.25, 0.3) is 0 Å². The summed E-state index contributed by atoms with van der Waals surface area (Å²) in [5.41, 5.74) is 19.1. The summed E-state index contributed by atoms with van der Waals surface area (Å²) >= 11 is 0. The second-order valence-electron chi connectivity index (χ2n) is 17.9. The van der Waals surface area contributed by atoms with Gasteiger partial charge in [0.05, 0.1) is 5.41 Å². The number of rotatable bonds is 6. The molecule has 0 N–H and O–H groups in total. The van der Waals surface area contributed by atoms with Gasteiger partial charge >= 0.3 is 0 Å². The Labute approximate surface area is 369 Å². The lowest BCUT2D eigenvalue weighted by Gasteiger charge is -2.35. The summed E-state index contributed by atoms with van der Waals surface area (Å²) in [5, 5.41) is 5.02. The fourth-order valence-corrected chi connectivity index (χ4v) is 12.1. The normalized spacial score (nSPS) is 15.0. The lowest BCUT2D eigenvalue weighted by atomic mass is 9.67. The molecular formula is C62H45N. The molecule has 1 spiro atoms. The maximum Gasteiger partial charge on any atom is 0.0714 e. The predicted octanol–water partition coefficient (Wildman–Crippen LogP) is 16.3. The average Bonchev–Trinajstić information content (AvgIpc) is 4.04. The van der Waals surface area contributed by atoms with Gasteiger partial charge in [-0.05, 0) is 144 Å². The molecule has 3 aliphatic carbocycles. The fourth-order valence-electron chi connectivity index (χ4n) is 12.1. The molecule has 3 aliphatic rings. The van der Waals surface area contributed by atoms with Crippen LogP contribution in [0.5, 0.6) is 0 Å². The molecule has 13 rings (SSSR count). The first kappa shape index (κ1) is 36.2. The first-order chi connectivity index (χ1) is 31.2. The highest BCUT2D eigenvalue weighted by molar-refractivity contribution is 6.08. The highest BCUT2D eigenvalue weighted by Crippen LogP contribution is 2.59. The quantitative estimate of drug-likeness (QED) is 0.151. The Balaban J connectivity index is 1.02. The minimum absolute atomic E-state index is 0.159. The molecule has 1 saturated carbocycles. The maximum atomic E-state index is 2.49. The SMILES string of the molecule is c1ccc(C2(c3ccccc3)c3ccccc3-c3ccc(N(c4cccc(-c5ccc6c(c5)-c5ccccc5C65CCCC5)c4)c4ccc5c(ccc6ccccc65)c4)cc32)cc1. The van der Waals surface area contributed by atoms with Crippen molar-refractivity contribution in [3.63, 3.8) is 0 Å². The van der Waals surface area contributed by atoms with E-state index in [1.54, 1.807) is 0 Å². The number of nitrogens with zero attached hydrogens (tertiary/aromatic N) is 1. The molecule has 0 unspecified atom stereocenters. The number of hydrogen-bond donors (Lipinski definition) is 0. The van der Waals surface area contributed by atoms with Crippen LogP contribution in [0.4, 0.5) is 17.1 Å². The van der Waals surface area contributed by atoms with E-state index in [2.05, 4.69) is 229 Å². The van der Waals surface area contributed by atoms with Crippen molar-refractivity contribution in [1.82, 2.24) is 0 Å². The Kier molecular flexibility index (Phi) is 8.06. The molecule has 0 radical (unpaired) electrons. The second-order valence-corrected chi connectivity index (χ2v) is 17.9. The zero-order chi connectivity index (χ0) is 41.5. The molecule has 0 saturated heterocycles. The molecular weight excluding hydrogens is 759 g/mol. The van der Waals surface area contributed by atoms with E-state index in [0.29, 0.717) is 0 Å². The molecule has 0 heterocycles. The molecule has 1 nitrogen and oxygen atoms in total. The minimum atomic E-state index is -0.502. The van der Waals surface area contributed by atoms with Crippen LogP contribution in [0.2, 0.25) is 0 Å². The van der Waals surface area contributed by atoms with Gasteiger partial charge < -0.3 is 4.90 Å². The summed E-state index contributed by atoms with van der Waals surface area (Å²) in [6.07, 6.45) is 5.07. The predicted molar refractivity (Wildman–Crippen MR) is 264 cm³/mol. The van der Waals surface area contributed by atoms with Gasteiger partial charge in [0.15, 0.2) is 0 Å². The van der Waals surface area contributed by atoms with Gasteiger partial charge in [0.2, 0.25) is 0 Å². The third-order valence-electron chi connectivity index (χ3n) is 14.8. The summed E-state index contributed by atoms with van der Waals surface area (Å²) < 4.78 is 0. The van der Waals surface area contributed by atoms with Crippen LogP contribution in [0.1, 0.15) is 59.1 Å². The van der Waals surface area contributed by atoms with Gasteiger partial charge in [-0.3, -0.25) is 0 Å². The summed E-state index contributed by atoms with van der Waals surface area (Å²) in [5.74, 6) is 0. The van der Waals surface area contributed by atoms with Crippen molar-refractivity contribution in [2.75, 3.05) is 4.90 Å². The van der Waals surface area contributed by atoms with E-state index in [1.807, 2.05) is 0 Å². The van der Waals surface area contributed by atoms with E-state index in [0.717, 1.165) is 17.1 Å². The van der Waals surface area contributed by atoms with Gasteiger partial charge in [-0.25, -0.2) is 0 Å². The zero-order valence-electron chi connectivity index (χ0n) is 35.1. The van der Waals surface area contributed by atoms with Crippen LogP contribution >= 0.6 is 0 Å². The molecule has 0 aromatic heterocycles. The van der Waals surface area contributed by atoms with Crippen molar-refractivity contribution >= 4 is 38.6 Å². The summed E-state index contributed by atoms with van der Waals surface area (Å²) in [6, 6.07) is 84.5. The second kappa shape index (κ2) is 14.0. The monoisotopic (exact) mass is 803 g/mol. The first-order valence-electron chi connectivity index (χ1n) is 22.6. The Morgan fingerprint density at radius 3 is 1.68 bits per heavy atom. The van der Waals surface area contributed by atoms with Crippen molar-refractivity contribution in [3.05, 3.63) is 258 Å². The Morgan fingerprint density at radius 2 is 0.889 bits per heavy atom. The van der Waals surface area contributed by atoms with Crippen LogP contribution in [-0.2, 0) is 10.8 Å². The standard InChI is InChI=1S/C62H45N/c1-3-18-46(19-4-1)62(47-20-5-2-6-21-47)59-27-12-10-24-53(59)55-34-32-50(41-60(55)62)63(49-31-33-52-45(39-49)29-28-42-16-7-8-23-51(42)52)48-22-15-17-43(38-48)44-30-35-58-56(40-44)54-25-9-11-26-57(54)61(58)36-13-14-37-61/h1-12,15-35,38-41H,13-14,36-37H2. The lowest BCUT2D eigenvalue weighted by molar-refractivity contribution is 0.550. The topological polar surface area (TPSA) is 3.24 Å². The van der Waals surface area contributed by atoms with E-state index in [9.17, 15) is 0 Å². The van der Waals surface area contributed by atoms with Crippen molar-refractivity contribution < 1.29 is 0 Å². The van der Waals surface area contributed by atoms with E-state index >= 15 is 0 Å². The number of hydrogen-bond acceptors (Lipinski definition) is 1. The van der Waals surface area contributed by atoms with Gasteiger partial charge in [0.1, 0.15) is 0 Å². The highest BCUT2D eigenvalue weighted by Gasteiger charge is 2.47. The van der Waals surface area contributed by atoms with Gasteiger partial charge in [0, 0.05) is 22.5 Å². The molecule has 1 fully saturated rings. The molecule has 10 aromatic carbocycles. The van der Waals surface area contributed by atoms with Crippen molar-refractivity contribution in [3.8, 4) is 33.4 Å². The third kappa shape index (κ3) is 5.30. The largest absolute Gasteiger partial charge is 0.310 e. The molecule has 0 bridgehead atoms. The Hall–Kier alpha value is -7.48. The fraction of sp³-hybridized carbons (Fsp3) is 0.0968. The third-order valence-corrected chi connectivity index (χ3v) is 14.8. The van der Waals surface area contributed by atoms with Gasteiger partial charge in [-0.1, -0.05) is 195 Å². The van der Waals surface area contributed by atoms with Crippen LogP contribution in [0, 0.1) is 0 Å². The van der Waals surface area contributed by atoms with Crippen molar-refractivity contribution in [2.24, 2.45) is 0 Å². The lowest BCUT2D eigenvalue weighted by Crippen LogP contribution is -2.28. The number of anilines is 3. The van der Waals surface area contributed by atoms with Crippen LogP contribution < -0.4 is 4.90 Å². The van der Waals surface area contributed by atoms with Crippen LogP contribution in [0.15, 0.2) is 224 Å². The molecule has 63 heavy (non-hydrogen) atoms. The average molecular weight is 804 g/mol. The van der Waals surface area contributed by atoms with Crippen LogP contribution in [0.3, 0.4) is 0 Å². The Bertz CT molecular complexity index is 3370. The summed E-state index contributed by atoms with van der Waals surface area (Å²) in [6.45, 7) is 0. The van der Waals surface area contributed by atoms with E-state index < -0.39 is 5.41 Å². The van der Waals surface area contributed by atoms with E-state index in [1.165, 1.54) is 114 Å². The molecule has 0 amide bonds. The van der Waals surface area contributed by atoms with Crippen molar-refractivity contribution in [1.29, 1.82) is 0 Å². The highest BCUT2D eigenvalue weighted by atomic mass is 15.1. The molecule has 298 valence electrons. The molecule has 0 atom stereocenters. The molecule has 10 aromatic rings. The van der Waals surface area contributed by atoms with Crippen LogP contribution in [-0.4, -0.2) is 0 Å². The number of benzene rings is 10. The van der Waals surface area contributed by atoms with Gasteiger partial charge in [-0.2, -0.15) is 0 Å². The zero-order valence-corrected chi connectivity index (χ0v) is 35.1. The van der Waals surface area contributed by atoms with E-state index in [-0.39, 0.29) is 5.41 Å². The van der Waals surface area contributed by atoms with Crippen LogP contribution in [0.25, 0.3) is 54.9 Å². The molecule has 1 heteroatoms. The van der Waals surface area contributed by atoms with E-state index in [4.69, 9.17) is 0 Å². The Morgan fingerprint density at radius 1 is 0.317 bits per heavy atom. The summed E-state index contributed by atoms with van der Waals surface area (Å²) in [4.78, 5) is 2.48. The number of fused-ring (bicyclic) bond motifs is 11. The minimum Gasteiger partial charge on any atom is -0.310 e. The smallest absolute Gasteiger partial charge is 0.0714 e.